The number of ether oxygens (including phenoxy) is 2. The fourth-order valence-corrected chi connectivity index (χ4v) is 4.00. The number of hydrogen-bond acceptors (Lipinski definition) is 5. The van der Waals surface area contributed by atoms with E-state index in [-0.39, 0.29) is 11.2 Å². The van der Waals surface area contributed by atoms with Crippen LogP contribution < -0.4 is 0 Å². The molecule has 1 aromatic heterocycles. The second kappa shape index (κ2) is 6.84. The Hall–Kier alpha value is -1.67. The van der Waals surface area contributed by atoms with Gasteiger partial charge in [-0.25, -0.2) is 12.4 Å². The van der Waals surface area contributed by atoms with Crippen molar-refractivity contribution in [2.24, 2.45) is 0 Å². The molecular formula is C16H19NO5S. The first-order valence-corrected chi connectivity index (χ1v) is 8.92. The fraction of sp³-hybridized carbons (Fsp3) is 0.375. The zero-order chi connectivity index (χ0) is 16.3. The minimum Gasteiger partial charge on any atom is -0.387 e. The molecule has 23 heavy (non-hydrogen) atoms. The summed E-state index contributed by atoms with van der Waals surface area (Å²) in [7, 11) is -3.71. The van der Waals surface area contributed by atoms with Gasteiger partial charge in [0.15, 0.2) is 6.29 Å². The molecule has 1 aliphatic rings. The summed E-state index contributed by atoms with van der Waals surface area (Å²) in [5, 5.41) is 10.4. The highest BCUT2D eigenvalue weighted by Crippen LogP contribution is 2.25. The van der Waals surface area contributed by atoms with Crippen LogP contribution in [-0.2, 0) is 19.5 Å². The largest absolute Gasteiger partial charge is 0.387 e. The maximum atomic E-state index is 12.7. The zero-order valence-corrected chi connectivity index (χ0v) is 13.4. The molecule has 124 valence electrons. The van der Waals surface area contributed by atoms with E-state index in [1.807, 2.05) is 0 Å². The molecule has 1 atom stereocenters. The number of hydrogen-bond donors (Lipinski definition) is 1. The van der Waals surface area contributed by atoms with Crippen molar-refractivity contribution in [1.29, 1.82) is 0 Å². The molecule has 2 aromatic rings. The van der Waals surface area contributed by atoms with E-state index < -0.39 is 16.1 Å². The van der Waals surface area contributed by atoms with Gasteiger partial charge in [-0.3, -0.25) is 0 Å². The molecular weight excluding hydrogens is 318 g/mol. The van der Waals surface area contributed by atoms with Crippen LogP contribution in [0.4, 0.5) is 0 Å². The number of aliphatic hydroxyl groups excluding tert-OH is 1. The quantitative estimate of drug-likeness (QED) is 0.871. The molecule has 1 aliphatic heterocycles. The monoisotopic (exact) mass is 337 g/mol. The average molecular weight is 337 g/mol. The van der Waals surface area contributed by atoms with Crippen molar-refractivity contribution in [2.45, 2.75) is 30.1 Å². The second-order valence-corrected chi connectivity index (χ2v) is 7.13. The number of rotatable bonds is 6. The SMILES string of the molecule is O=S(=O)(c1ccccc1)n1cccc1C(O)CCC1OCCO1. The van der Waals surface area contributed by atoms with Crippen molar-refractivity contribution in [3.8, 4) is 0 Å². The molecule has 1 aromatic carbocycles. The van der Waals surface area contributed by atoms with Gasteiger partial charge in [-0.1, -0.05) is 18.2 Å². The molecule has 0 aliphatic carbocycles. The normalized spacial score (nSPS) is 17.4. The Kier molecular flexibility index (Phi) is 4.82. The van der Waals surface area contributed by atoms with Crippen molar-refractivity contribution in [3.05, 3.63) is 54.4 Å². The molecule has 0 saturated carbocycles. The van der Waals surface area contributed by atoms with E-state index in [1.165, 1.54) is 18.3 Å². The van der Waals surface area contributed by atoms with Gasteiger partial charge < -0.3 is 14.6 Å². The lowest BCUT2D eigenvalue weighted by atomic mass is 10.1. The van der Waals surface area contributed by atoms with E-state index in [0.29, 0.717) is 31.7 Å². The molecule has 0 amide bonds. The molecule has 0 radical (unpaired) electrons. The standard InChI is InChI=1S/C16H19NO5S/c18-15(8-9-16-21-11-12-22-16)14-7-4-10-17(14)23(19,20)13-5-2-1-3-6-13/h1-7,10,15-16,18H,8-9,11-12H2. The molecule has 0 spiro atoms. The maximum Gasteiger partial charge on any atom is 0.267 e. The highest BCUT2D eigenvalue weighted by Gasteiger charge is 2.24. The summed E-state index contributed by atoms with van der Waals surface area (Å²) < 4.78 is 37.2. The first-order valence-electron chi connectivity index (χ1n) is 7.48. The minimum absolute atomic E-state index is 0.187. The Bertz CT molecular complexity index is 735. The lowest BCUT2D eigenvalue weighted by Gasteiger charge is -2.16. The molecule has 1 N–H and O–H groups in total. The van der Waals surface area contributed by atoms with Gasteiger partial charge in [0.1, 0.15) is 0 Å². The van der Waals surface area contributed by atoms with E-state index in [2.05, 4.69) is 0 Å². The Balaban J connectivity index is 1.78. The van der Waals surface area contributed by atoms with Crippen LogP contribution in [-0.4, -0.2) is 37.0 Å². The highest BCUT2D eigenvalue weighted by atomic mass is 32.2. The summed E-state index contributed by atoms with van der Waals surface area (Å²) in [6, 6.07) is 11.4. The van der Waals surface area contributed by atoms with Crippen molar-refractivity contribution < 1.29 is 23.0 Å². The third kappa shape index (κ3) is 3.48. The smallest absolute Gasteiger partial charge is 0.267 e. The lowest BCUT2D eigenvalue weighted by Crippen LogP contribution is -2.18. The van der Waals surface area contributed by atoms with Crippen molar-refractivity contribution in [2.75, 3.05) is 13.2 Å². The van der Waals surface area contributed by atoms with Gasteiger partial charge in [-0.05, 0) is 30.7 Å². The third-order valence-corrected chi connectivity index (χ3v) is 5.47. The first-order chi connectivity index (χ1) is 11.1. The number of benzene rings is 1. The molecule has 2 heterocycles. The average Bonchev–Trinajstić information content (AvgIpc) is 3.25. The summed E-state index contributed by atoms with van der Waals surface area (Å²) in [6.07, 6.45) is 1.09. The summed E-state index contributed by atoms with van der Waals surface area (Å²) in [5.41, 5.74) is 0.340. The lowest BCUT2D eigenvalue weighted by molar-refractivity contribution is -0.0544. The topological polar surface area (TPSA) is 77.8 Å². The summed E-state index contributed by atoms with van der Waals surface area (Å²) >= 11 is 0. The predicted octanol–water partition coefficient (Wildman–Crippen LogP) is 1.91. The predicted molar refractivity (Wildman–Crippen MR) is 83.3 cm³/mol. The van der Waals surface area contributed by atoms with Crippen LogP contribution in [0.5, 0.6) is 0 Å². The van der Waals surface area contributed by atoms with Gasteiger partial charge in [0, 0.05) is 12.6 Å². The zero-order valence-electron chi connectivity index (χ0n) is 12.5. The van der Waals surface area contributed by atoms with Gasteiger partial charge in [0.2, 0.25) is 0 Å². The minimum atomic E-state index is -3.71. The van der Waals surface area contributed by atoms with Crippen molar-refractivity contribution in [1.82, 2.24) is 3.97 Å². The third-order valence-electron chi connectivity index (χ3n) is 3.75. The van der Waals surface area contributed by atoms with Crippen LogP contribution >= 0.6 is 0 Å². The fourth-order valence-electron chi connectivity index (χ4n) is 2.58. The molecule has 1 saturated heterocycles. The van der Waals surface area contributed by atoms with E-state index in [9.17, 15) is 13.5 Å². The van der Waals surface area contributed by atoms with Crippen LogP contribution in [0.25, 0.3) is 0 Å². The molecule has 1 unspecified atom stereocenters. The number of aliphatic hydroxyl groups is 1. The Morgan fingerprint density at radius 3 is 2.52 bits per heavy atom. The van der Waals surface area contributed by atoms with Crippen molar-refractivity contribution in [3.63, 3.8) is 0 Å². The van der Waals surface area contributed by atoms with E-state index in [1.54, 1.807) is 30.3 Å². The molecule has 1 fully saturated rings. The summed E-state index contributed by atoms with van der Waals surface area (Å²) in [4.78, 5) is 0.187. The Morgan fingerprint density at radius 2 is 1.83 bits per heavy atom. The summed E-state index contributed by atoms with van der Waals surface area (Å²) in [6.45, 7) is 1.11. The van der Waals surface area contributed by atoms with Crippen LogP contribution in [0.2, 0.25) is 0 Å². The van der Waals surface area contributed by atoms with E-state index >= 15 is 0 Å². The van der Waals surface area contributed by atoms with Crippen LogP contribution in [0.15, 0.2) is 53.6 Å². The van der Waals surface area contributed by atoms with E-state index in [4.69, 9.17) is 9.47 Å². The Labute approximate surface area is 135 Å². The molecule has 7 heteroatoms. The van der Waals surface area contributed by atoms with Gasteiger partial charge in [0.05, 0.1) is 29.9 Å². The maximum absolute atomic E-state index is 12.7. The van der Waals surface area contributed by atoms with Gasteiger partial charge in [-0.15, -0.1) is 0 Å². The molecule has 3 rings (SSSR count). The van der Waals surface area contributed by atoms with Crippen LogP contribution in [0, 0.1) is 0 Å². The molecule has 6 nitrogen and oxygen atoms in total. The van der Waals surface area contributed by atoms with Gasteiger partial charge >= 0.3 is 0 Å². The van der Waals surface area contributed by atoms with Crippen LogP contribution in [0.1, 0.15) is 24.6 Å². The van der Waals surface area contributed by atoms with Gasteiger partial charge in [0.25, 0.3) is 10.0 Å². The second-order valence-electron chi connectivity index (χ2n) is 5.31. The first kappa shape index (κ1) is 16.2. The summed E-state index contributed by atoms with van der Waals surface area (Å²) in [5.74, 6) is 0. The highest BCUT2D eigenvalue weighted by molar-refractivity contribution is 7.90. The van der Waals surface area contributed by atoms with E-state index in [0.717, 1.165) is 3.97 Å². The molecule has 0 bridgehead atoms. The number of aromatic nitrogens is 1. The number of nitrogens with zero attached hydrogens (tertiary/aromatic N) is 1. The van der Waals surface area contributed by atoms with Crippen molar-refractivity contribution >= 4 is 10.0 Å². The Morgan fingerprint density at radius 1 is 1.13 bits per heavy atom. The van der Waals surface area contributed by atoms with Gasteiger partial charge in [-0.2, -0.15) is 0 Å². The van der Waals surface area contributed by atoms with Crippen LogP contribution in [0.3, 0.4) is 0 Å².